The summed E-state index contributed by atoms with van der Waals surface area (Å²) in [6.07, 6.45) is 0. The van der Waals surface area contributed by atoms with E-state index in [0.717, 1.165) is 0 Å². The van der Waals surface area contributed by atoms with E-state index in [1.54, 1.807) is 0 Å². The van der Waals surface area contributed by atoms with Crippen LogP contribution in [0.25, 0.3) is 0 Å². The van der Waals surface area contributed by atoms with Crippen LogP contribution in [0.1, 0.15) is 0 Å². The molecule has 0 aliphatic heterocycles. The fourth-order valence-electron chi connectivity index (χ4n) is 0. The van der Waals surface area contributed by atoms with Crippen LogP contribution in [0.2, 0.25) is 0 Å². The Balaban J connectivity index is -0.00000000500. The first-order valence-corrected chi connectivity index (χ1v) is 2.60. The van der Waals surface area contributed by atoms with Crippen LogP contribution in [0.15, 0.2) is 0 Å². The maximum absolute atomic E-state index is 3.96. The third kappa shape index (κ3) is 8.83. The fourth-order valence-corrected chi connectivity index (χ4v) is 0. The normalized spacial score (nSPS) is 1.00. The van der Waals surface area contributed by atoms with Crippen LogP contribution in [0.3, 0.4) is 0 Å². The summed E-state index contributed by atoms with van der Waals surface area (Å²) in [6.45, 7) is 0. The second kappa shape index (κ2) is 18.2. The molecule has 0 aliphatic rings. The minimum absolute atomic E-state index is 0. The predicted molar refractivity (Wildman–Crippen MR) is 24.9 cm³/mol. The van der Waals surface area contributed by atoms with E-state index in [1.165, 1.54) is 0 Å². The fraction of sp³-hybridized carbons (Fsp3) is 0. The molecule has 0 atom stereocenters. The monoisotopic (exact) mass is 354 g/mol. The molecule has 0 saturated carbocycles. The van der Waals surface area contributed by atoms with Crippen molar-refractivity contribution in [2.75, 3.05) is 0 Å². The average Bonchev–Trinajstić information content (AvgIpc) is 1.00. The molecule has 0 saturated heterocycles. The van der Waals surface area contributed by atoms with E-state index >= 15 is 0 Å². The summed E-state index contributed by atoms with van der Waals surface area (Å²) < 4.78 is 0. The topological polar surface area (TPSA) is 0 Å². The van der Waals surface area contributed by atoms with E-state index < -0.39 is 0 Å². The van der Waals surface area contributed by atoms with Gasteiger partial charge in [0.2, 0.25) is 0 Å². The van der Waals surface area contributed by atoms with Gasteiger partial charge < -0.3 is 0 Å². The molecule has 4 heavy (non-hydrogen) atoms. The maximum Gasteiger partial charge on any atom is 0 e. The van der Waals surface area contributed by atoms with Crippen molar-refractivity contribution < 1.29 is 0 Å². The van der Waals surface area contributed by atoms with Crippen LogP contribution in [-0.2, 0) is 0 Å². The molecule has 0 nitrogen and oxygen atoms in total. The molecule has 6 radical (unpaired) electrons. The summed E-state index contributed by atoms with van der Waals surface area (Å²) in [6, 6.07) is 0. The second-order valence-electron chi connectivity index (χ2n) is 0. The van der Waals surface area contributed by atoms with E-state index in [1.807, 2.05) is 0 Å². The number of hydrogen-bond donors (Lipinski definition) is 0. The van der Waals surface area contributed by atoms with Crippen molar-refractivity contribution in [3.05, 3.63) is 0 Å². The minimum atomic E-state index is 0. The molecule has 0 rings (SSSR count). The molecule has 0 bridgehead atoms. The number of rotatable bonds is 0. The Hall–Kier alpha value is 2.38. The molecule has 4 heteroatoms. The Morgan fingerprint density at radius 2 is 1.00 bits per heavy atom. The molecule has 0 unspecified atom stereocenters. The summed E-state index contributed by atoms with van der Waals surface area (Å²) in [5.74, 6) is 0. The van der Waals surface area contributed by atoms with Crippen LogP contribution in [-0.4, -0.2) is 63.2 Å². The van der Waals surface area contributed by atoms with Crippen LogP contribution in [0, 0.1) is 0 Å². The van der Waals surface area contributed by atoms with Crippen LogP contribution < -0.4 is 0 Å². The summed E-state index contributed by atoms with van der Waals surface area (Å²) in [4.78, 5) is 0. The van der Waals surface area contributed by atoms with Crippen molar-refractivity contribution >= 4 is 73.8 Å². The van der Waals surface area contributed by atoms with Crippen molar-refractivity contribution in [3.63, 3.8) is 0 Å². The first-order valence-electron chi connectivity index (χ1n) is 0.167. The van der Waals surface area contributed by atoms with E-state index in [9.17, 15) is 0 Å². The summed E-state index contributed by atoms with van der Waals surface area (Å²) in [5.41, 5.74) is 0. The molecule has 0 aromatic heterocycles. The Labute approximate surface area is 72.7 Å². The van der Waals surface area contributed by atoms with Crippen molar-refractivity contribution in [1.29, 1.82) is 0 Å². The molecule has 0 aromatic rings. The van der Waals surface area contributed by atoms with Crippen LogP contribution >= 0.6 is 10.6 Å². The number of hydrogen-bond acceptors (Lipinski definition) is 1. The van der Waals surface area contributed by atoms with Gasteiger partial charge in [-0.25, -0.2) is 0 Å². The molecule has 0 spiro atoms. The average molecular weight is 355 g/mol. The van der Waals surface area contributed by atoms with E-state index in [-0.39, 0.29) is 48.9 Å². The molecule has 0 N–H and O–H groups in total. The quantitative estimate of drug-likeness (QED) is 0.529. The maximum atomic E-state index is 3.96. The van der Waals surface area contributed by atoms with Crippen LogP contribution in [0.5, 0.6) is 0 Å². The zero-order chi connectivity index (χ0) is 2.00. The van der Waals surface area contributed by atoms with E-state index in [2.05, 4.69) is 24.9 Å². The molecule has 0 aromatic carbocycles. The van der Waals surface area contributed by atoms with Crippen LogP contribution in [0.4, 0.5) is 0 Å². The van der Waals surface area contributed by atoms with Crippen molar-refractivity contribution in [3.8, 4) is 0 Å². The predicted octanol–water partition coefficient (Wildman–Crippen LogP) is -0.494. The Morgan fingerprint density at radius 3 is 1.00 bits per heavy atom. The molecular formula is SSb2Se. The Bertz CT molecular complexity index is 6.00. The smallest absolute Gasteiger partial charge is 0 e. The van der Waals surface area contributed by atoms with Gasteiger partial charge in [0.05, 0.1) is 0 Å². The third-order valence-electron chi connectivity index (χ3n) is 0. The zero-order valence-electron chi connectivity index (χ0n) is 1.71. The van der Waals surface area contributed by atoms with Gasteiger partial charge in [-0.3, -0.25) is 0 Å². The SMILES string of the molecule is S=[Se].[Sb].[Sb]. The van der Waals surface area contributed by atoms with E-state index in [0.29, 0.717) is 0 Å². The van der Waals surface area contributed by atoms with Gasteiger partial charge in [-0.1, -0.05) is 0 Å². The minimum Gasteiger partial charge on any atom is 0 e. The first kappa shape index (κ1) is 16.2. The molecule has 0 heterocycles. The first-order chi connectivity index (χ1) is 1.00. The molecule has 22 valence electrons. The van der Waals surface area contributed by atoms with E-state index in [4.69, 9.17) is 0 Å². The Kier molecular flexibility index (Phi) is 73.7. The van der Waals surface area contributed by atoms with Crippen molar-refractivity contribution in [1.82, 2.24) is 0 Å². The van der Waals surface area contributed by atoms with Gasteiger partial charge in [0.15, 0.2) is 0 Å². The summed E-state index contributed by atoms with van der Waals surface area (Å²) in [7, 11) is 3.96. The van der Waals surface area contributed by atoms with Gasteiger partial charge in [0.1, 0.15) is 0 Å². The van der Waals surface area contributed by atoms with Gasteiger partial charge in [0.25, 0.3) is 0 Å². The molecule has 0 fully saturated rings. The van der Waals surface area contributed by atoms with Crippen molar-refractivity contribution in [2.24, 2.45) is 0 Å². The standard InChI is InChI=1S/SSe.2Sb/c1-2;;. The third-order valence-corrected chi connectivity index (χ3v) is 0. The molecule has 0 aliphatic carbocycles. The zero-order valence-corrected chi connectivity index (χ0v) is 9.35. The van der Waals surface area contributed by atoms with Gasteiger partial charge in [0, 0.05) is 48.9 Å². The largest absolute Gasteiger partial charge is 0 e. The van der Waals surface area contributed by atoms with Gasteiger partial charge in [-0.05, 0) is 0 Å². The van der Waals surface area contributed by atoms with Gasteiger partial charge >= 0.3 is 24.9 Å². The second-order valence-corrected chi connectivity index (χ2v) is 0. The van der Waals surface area contributed by atoms with Crippen molar-refractivity contribution in [2.45, 2.75) is 0 Å². The van der Waals surface area contributed by atoms with Gasteiger partial charge in [-0.2, -0.15) is 0 Å². The van der Waals surface area contributed by atoms with Gasteiger partial charge in [-0.15, -0.1) is 0 Å². The molecule has 0 amide bonds. The summed E-state index contributed by atoms with van der Waals surface area (Å²) >= 11 is 2.21. The molecular weight excluding hydrogens is 355 g/mol. The summed E-state index contributed by atoms with van der Waals surface area (Å²) in [5, 5.41) is 0. The Morgan fingerprint density at radius 1 is 1.00 bits per heavy atom.